The molecular formula is C9H9ClO2. The minimum absolute atomic E-state index is 0.188. The predicted molar refractivity (Wildman–Crippen MR) is 46.7 cm³/mol. The Balaban J connectivity index is 2.40. The number of benzene rings is 1. The summed E-state index contributed by atoms with van der Waals surface area (Å²) in [4.78, 5) is 0. The van der Waals surface area contributed by atoms with Crippen molar-refractivity contribution in [1.29, 1.82) is 0 Å². The predicted octanol–water partition coefficient (Wildman–Crippen LogP) is 2.42. The number of methoxy groups -OCH3 is 1. The Morgan fingerprint density at radius 1 is 1.58 bits per heavy atom. The van der Waals surface area contributed by atoms with Crippen LogP contribution in [-0.4, -0.2) is 13.7 Å². The van der Waals surface area contributed by atoms with E-state index in [-0.39, 0.29) is 6.10 Å². The van der Waals surface area contributed by atoms with Gasteiger partial charge in [-0.3, -0.25) is 0 Å². The Bertz CT molecular complexity index is 295. The topological polar surface area (TPSA) is 21.8 Å². The van der Waals surface area contributed by atoms with Gasteiger partial charge in [0.05, 0.1) is 18.7 Å². The number of ether oxygens (including phenoxy) is 2. The molecule has 0 aliphatic carbocycles. The maximum atomic E-state index is 6.04. The van der Waals surface area contributed by atoms with Crippen molar-refractivity contribution in [2.45, 2.75) is 6.10 Å². The van der Waals surface area contributed by atoms with Gasteiger partial charge in [0.2, 0.25) is 0 Å². The van der Waals surface area contributed by atoms with Crippen molar-refractivity contribution in [3.63, 3.8) is 0 Å². The summed E-state index contributed by atoms with van der Waals surface area (Å²) in [7, 11) is 1.61. The molecule has 2 nitrogen and oxygen atoms in total. The van der Waals surface area contributed by atoms with Gasteiger partial charge in [-0.1, -0.05) is 23.7 Å². The highest BCUT2D eigenvalue weighted by molar-refractivity contribution is 6.32. The average molecular weight is 185 g/mol. The number of rotatable bonds is 2. The van der Waals surface area contributed by atoms with Crippen LogP contribution in [0.1, 0.15) is 11.7 Å². The van der Waals surface area contributed by atoms with E-state index in [0.29, 0.717) is 10.8 Å². The summed E-state index contributed by atoms with van der Waals surface area (Å²) < 4.78 is 10.2. The first kappa shape index (κ1) is 7.90. The van der Waals surface area contributed by atoms with E-state index >= 15 is 0 Å². The number of epoxide rings is 1. The lowest BCUT2D eigenvalue weighted by molar-refractivity contribution is 0.405. The molecule has 3 heteroatoms. The standard InChI is InChI=1S/C9H9ClO2/c1-11-7-4-2-3-6(9(7)10)8-5-12-8/h2-4,8H,5H2,1H3. The average Bonchev–Trinajstić information content (AvgIpc) is 2.88. The van der Waals surface area contributed by atoms with Crippen molar-refractivity contribution in [3.8, 4) is 5.75 Å². The summed E-state index contributed by atoms with van der Waals surface area (Å²) in [5.74, 6) is 0.713. The summed E-state index contributed by atoms with van der Waals surface area (Å²) in [6.45, 7) is 0.771. The van der Waals surface area contributed by atoms with Gasteiger partial charge in [0, 0.05) is 5.56 Å². The lowest BCUT2D eigenvalue weighted by atomic mass is 10.1. The first-order chi connectivity index (χ1) is 5.83. The third kappa shape index (κ3) is 1.28. The smallest absolute Gasteiger partial charge is 0.137 e. The SMILES string of the molecule is COc1cccc(C2CO2)c1Cl. The fourth-order valence-electron chi connectivity index (χ4n) is 1.16. The summed E-state index contributed by atoms with van der Waals surface area (Å²) in [6.07, 6.45) is 0.188. The fraction of sp³-hybridized carbons (Fsp3) is 0.333. The zero-order chi connectivity index (χ0) is 8.55. The van der Waals surface area contributed by atoms with E-state index in [9.17, 15) is 0 Å². The van der Waals surface area contributed by atoms with Gasteiger partial charge in [0.1, 0.15) is 11.9 Å². The lowest BCUT2D eigenvalue weighted by Gasteiger charge is -2.05. The molecule has 0 saturated carbocycles. The van der Waals surface area contributed by atoms with Crippen molar-refractivity contribution in [3.05, 3.63) is 28.8 Å². The molecular weight excluding hydrogens is 176 g/mol. The van der Waals surface area contributed by atoms with E-state index in [1.807, 2.05) is 18.2 Å². The van der Waals surface area contributed by atoms with Crippen LogP contribution in [0.2, 0.25) is 5.02 Å². The Labute approximate surface area is 76.1 Å². The highest BCUT2D eigenvalue weighted by atomic mass is 35.5. The molecule has 0 spiro atoms. The second-order valence-electron chi connectivity index (χ2n) is 2.69. The fourth-order valence-corrected chi connectivity index (χ4v) is 1.49. The summed E-state index contributed by atoms with van der Waals surface area (Å²) in [6, 6.07) is 5.72. The molecule has 0 radical (unpaired) electrons. The summed E-state index contributed by atoms with van der Waals surface area (Å²) in [5.41, 5.74) is 1.02. The van der Waals surface area contributed by atoms with E-state index in [1.165, 1.54) is 0 Å². The third-order valence-electron chi connectivity index (χ3n) is 1.89. The second kappa shape index (κ2) is 2.96. The van der Waals surface area contributed by atoms with Crippen LogP contribution < -0.4 is 4.74 Å². The Morgan fingerprint density at radius 3 is 2.92 bits per heavy atom. The summed E-state index contributed by atoms with van der Waals surface area (Å²) >= 11 is 6.04. The monoisotopic (exact) mass is 184 g/mol. The number of halogens is 1. The summed E-state index contributed by atoms with van der Waals surface area (Å²) in [5, 5.41) is 0.669. The van der Waals surface area contributed by atoms with Gasteiger partial charge in [-0.15, -0.1) is 0 Å². The van der Waals surface area contributed by atoms with Crippen molar-refractivity contribution in [1.82, 2.24) is 0 Å². The molecule has 1 fully saturated rings. The maximum absolute atomic E-state index is 6.04. The van der Waals surface area contributed by atoms with Gasteiger partial charge in [-0.25, -0.2) is 0 Å². The molecule has 0 bridgehead atoms. The van der Waals surface area contributed by atoms with Crippen molar-refractivity contribution in [2.24, 2.45) is 0 Å². The van der Waals surface area contributed by atoms with Crippen LogP contribution in [0, 0.1) is 0 Å². The molecule has 1 aliphatic heterocycles. The van der Waals surface area contributed by atoms with E-state index in [0.717, 1.165) is 12.2 Å². The second-order valence-corrected chi connectivity index (χ2v) is 3.06. The van der Waals surface area contributed by atoms with Gasteiger partial charge < -0.3 is 9.47 Å². The molecule has 2 rings (SSSR count). The molecule has 0 amide bonds. The number of hydrogen-bond donors (Lipinski definition) is 0. The Hall–Kier alpha value is -0.730. The molecule has 0 N–H and O–H groups in total. The third-order valence-corrected chi connectivity index (χ3v) is 2.30. The van der Waals surface area contributed by atoms with Crippen LogP contribution in [0.25, 0.3) is 0 Å². The molecule has 12 heavy (non-hydrogen) atoms. The molecule has 1 aromatic rings. The van der Waals surface area contributed by atoms with E-state index in [2.05, 4.69) is 0 Å². The molecule has 1 unspecified atom stereocenters. The zero-order valence-corrected chi connectivity index (χ0v) is 7.47. The molecule has 64 valence electrons. The van der Waals surface area contributed by atoms with Crippen LogP contribution in [0.3, 0.4) is 0 Å². The molecule has 1 heterocycles. The zero-order valence-electron chi connectivity index (χ0n) is 6.71. The highest BCUT2D eigenvalue weighted by Crippen LogP contribution is 2.38. The normalized spacial score (nSPS) is 20.7. The van der Waals surface area contributed by atoms with Crippen LogP contribution in [-0.2, 0) is 4.74 Å². The van der Waals surface area contributed by atoms with Crippen LogP contribution in [0.15, 0.2) is 18.2 Å². The van der Waals surface area contributed by atoms with Crippen LogP contribution in [0.4, 0.5) is 0 Å². The van der Waals surface area contributed by atoms with Crippen molar-refractivity contribution < 1.29 is 9.47 Å². The minimum atomic E-state index is 0.188. The molecule has 1 atom stereocenters. The highest BCUT2D eigenvalue weighted by Gasteiger charge is 2.27. The Morgan fingerprint density at radius 2 is 2.33 bits per heavy atom. The maximum Gasteiger partial charge on any atom is 0.137 e. The molecule has 0 aromatic heterocycles. The van der Waals surface area contributed by atoms with Gasteiger partial charge in [0.15, 0.2) is 0 Å². The van der Waals surface area contributed by atoms with Crippen LogP contribution in [0.5, 0.6) is 5.75 Å². The van der Waals surface area contributed by atoms with Gasteiger partial charge in [-0.2, -0.15) is 0 Å². The Kier molecular flexibility index (Phi) is 1.95. The first-order valence-corrected chi connectivity index (χ1v) is 4.14. The molecule has 1 saturated heterocycles. The molecule has 1 aromatic carbocycles. The van der Waals surface area contributed by atoms with Crippen LogP contribution >= 0.6 is 11.6 Å². The quantitative estimate of drug-likeness (QED) is 0.659. The van der Waals surface area contributed by atoms with E-state index < -0.39 is 0 Å². The van der Waals surface area contributed by atoms with Crippen molar-refractivity contribution in [2.75, 3.05) is 13.7 Å². The lowest BCUT2D eigenvalue weighted by Crippen LogP contribution is -1.88. The first-order valence-electron chi connectivity index (χ1n) is 3.77. The van der Waals surface area contributed by atoms with E-state index in [4.69, 9.17) is 21.1 Å². The molecule has 1 aliphatic rings. The van der Waals surface area contributed by atoms with Crippen molar-refractivity contribution >= 4 is 11.6 Å². The van der Waals surface area contributed by atoms with Gasteiger partial charge >= 0.3 is 0 Å². The number of hydrogen-bond acceptors (Lipinski definition) is 2. The largest absolute Gasteiger partial charge is 0.495 e. The van der Waals surface area contributed by atoms with Gasteiger partial charge in [0.25, 0.3) is 0 Å². The minimum Gasteiger partial charge on any atom is -0.495 e. The van der Waals surface area contributed by atoms with Gasteiger partial charge in [-0.05, 0) is 6.07 Å². The van der Waals surface area contributed by atoms with E-state index in [1.54, 1.807) is 7.11 Å².